The number of carbonyl (C=O) groups excluding carboxylic acids is 1. The Kier molecular flexibility index (Phi) is 8.03. The zero-order chi connectivity index (χ0) is 22.6. The molecule has 2 aromatic carbocycles. The number of halogens is 2. The van der Waals surface area contributed by atoms with Crippen LogP contribution in [-0.4, -0.2) is 31.7 Å². The Morgan fingerprint density at radius 3 is 2.55 bits per heavy atom. The van der Waals surface area contributed by atoms with Gasteiger partial charge in [-0.1, -0.05) is 66.0 Å². The van der Waals surface area contributed by atoms with Gasteiger partial charge in [0.15, 0.2) is 0 Å². The van der Waals surface area contributed by atoms with Crippen LogP contribution in [0.1, 0.15) is 48.9 Å². The summed E-state index contributed by atoms with van der Waals surface area (Å²) < 4.78 is 27.4. The summed E-state index contributed by atoms with van der Waals surface area (Å²) in [5, 5.41) is 3.90. The molecule has 0 aromatic heterocycles. The molecule has 8 heteroatoms. The molecule has 5 nitrogen and oxygen atoms in total. The Balaban J connectivity index is 1.67. The fraction of sp³-hybridized carbons (Fsp3) is 0.435. The van der Waals surface area contributed by atoms with Crippen LogP contribution in [0.25, 0.3) is 0 Å². The number of nitrogens with one attached hydrogen (secondary N) is 1. The molecule has 0 spiro atoms. The van der Waals surface area contributed by atoms with Gasteiger partial charge in [-0.05, 0) is 49.4 Å². The van der Waals surface area contributed by atoms with E-state index in [4.69, 9.17) is 23.2 Å². The quantitative estimate of drug-likeness (QED) is 0.595. The smallest absolute Gasteiger partial charge is 0.224 e. The number of aryl methyl sites for hydroxylation is 1. The lowest BCUT2D eigenvalue weighted by molar-refractivity contribution is -0.126. The number of carbonyl (C=O) groups is 1. The first-order valence-electron chi connectivity index (χ1n) is 10.5. The number of rotatable bonds is 7. The Hall–Kier alpha value is -1.60. The fourth-order valence-electron chi connectivity index (χ4n) is 3.85. The molecule has 2 atom stereocenters. The van der Waals surface area contributed by atoms with Crippen molar-refractivity contribution in [1.29, 1.82) is 0 Å². The van der Waals surface area contributed by atoms with Gasteiger partial charge in [0.25, 0.3) is 0 Å². The standard InChI is InChI=1S/C23H28Cl2N2O3S/c1-3-22(17-8-6-16(2)7-9-17)26-23(28)18-5-4-12-27(14-18)31(29,30)15-19-10-11-20(24)13-21(19)25/h6-11,13,18,22H,3-5,12,14-15H2,1-2H3,(H,26,28)/t18-,22+/m0/s1. The van der Waals surface area contributed by atoms with E-state index in [9.17, 15) is 13.2 Å². The van der Waals surface area contributed by atoms with Crippen molar-refractivity contribution in [2.75, 3.05) is 13.1 Å². The molecule has 2 aromatic rings. The van der Waals surface area contributed by atoms with Gasteiger partial charge in [-0.15, -0.1) is 0 Å². The summed E-state index contributed by atoms with van der Waals surface area (Å²) in [7, 11) is -3.60. The molecule has 1 heterocycles. The number of hydrogen-bond acceptors (Lipinski definition) is 3. The van der Waals surface area contributed by atoms with E-state index in [0.717, 1.165) is 12.0 Å². The fourth-order valence-corrected chi connectivity index (χ4v) is 6.04. The van der Waals surface area contributed by atoms with Crippen LogP contribution in [0, 0.1) is 12.8 Å². The van der Waals surface area contributed by atoms with Gasteiger partial charge in [0.1, 0.15) is 0 Å². The molecule has 0 aliphatic carbocycles. The zero-order valence-corrected chi connectivity index (χ0v) is 20.1. The molecule has 168 valence electrons. The predicted octanol–water partition coefficient (Wildman–Crippen LogP) is 5.11. The lowest BCUT2D eigenvalue weighted by Crippen LogP contribution is -2.46. The van der Waals surface area contributed by atoms with Gasteiger partial charge < -0.3 is 5.32 Å². The maximum Gasteiger partial charge on any atom is 0.224 e. The minimum absolute atomic E-state index is 0.0899. The van der Waals surface area contributed by atoms with E-state index in [1.165, 1.54) is 15.9 Å². The summed E-state index contributed by atoms with van der Waals surface area (Å²) >= 11 is 12.1. The highest BCUT2D eigenvalue weighted by Crippen LogP contribution is 2.27. The van der Waals surface area contributed by atoms with Crippen LogP contribution in [0.15, 0.2) is 42.5 Å². The minimum Gasteiger partial charge on any atom is -0.349 e. The van der Waals surface area contributed by atoms with Crippen molar-refractivity contribution < 1.29 is 13.2 Å². The largest absolute Gasteiger partial charge is 0.349 e. The number of nitrogens with zero attached hydrogens (tertiary/aromatic N) is 1. The summed E-state index contributed by atoms with van der Waals surface area (Å²) in [6, 6.07) is 12.8. The average molecular weight is 483 g/mol. The van der Waals surface area contributed by atoms with Gasteiger partial charge in [0, 0.05) is 23.1 Å². The van der Waals surface area contributed by atoms with Crippen molar-refractivity contribution in [3.63, 3.8) is 0 Å². The van der Waals surface area contributed by atoms with Crippen molar-refractivity contribution >= 4 is 39.1 Å². The number of benzene rings is 2. The number of piperidine rings is 1. The van der Waals surface area contributed by atoms with Crippen molar-refractivity contribution in [1.82, 2.24) is 9.62 Å². The second kappa shape index (κ2) is 10.3. The first kappa shape index (κ1) is 24.1. The highest BCUT2D eigenvalue weighted by molar-refractivity contribution is 7.88. The molecule has 31 heavy (non-hydrogen) atoms. The molecule has 3 rings (SSSR count). The molecule has 0 radical (unpaired) electrons. The van der Waals surface area contributed by atoms with Gasteiger partial charge in [0.2, 0.25) is 15.9 Å². The van der Waals surface area contributed by atoms with Crippen LogP contribution in [0.4, 0.5) is 0 Å². The summed E-state index contributed by atoms with van der Waals surface area (Å²) in [6.07, 6.45) is 2.08. The van der Waals surface area contributed by atoms with Crippen molar-refractivity contribution in [2.45, 2.75) is 44.9 Å². The van der Waals surface area contributed by atoms with E-state index >= 15 is 0 Å². The SMILES string of the molecule is CC[C@@H](NC(=O)[C@H]1CCCN(S(=O)(=O)Cc2ccc(Cl)cc2Cl)C1)c1ccc(C)cc1. The second-order valence-electron chi connectivity index (χ2n) is 8.07. The Bertz CT molecular complexity index is 1030. The van der Waals surface area contributed by atoms with Crippen LogP contribution in [0.5, 0.6) is 0 Å². The van der Waals surface area contributed by atoms with Crippen molar-refractivity contribution in [3.8, 4) is 0 Å². The Morgan fingerprint density at radius 2 is 1.90 bits per heavy atom. The molecule has 1 fully saturated rings. The summed E-state index contributed by atoms with van der Waals surface area (Å²) in [5.41, 5.74) is 2.72. The molecule has 1 amide bonds. The first-order chi connectivity index (χ1) is 14.7. The lowest BCUT2D eigenvalue weighted by Gasteiger charge is -2.32. The molecule has 1 aliphatic heterocycles. The third-order valence-electron chi connectivity index (χ3n) is 5.71. The molecular formula is C23H28Cl2N2O3S. The van der Waals surface area contributed by atoms with E-state index in [2.05, 4.69) is 5.32 Å². The van der Waals surface area contributed by atoms with Gasteiger partial charge >= 0.3 is 0 Å². The topological polar surface area (TPSA) is 66.5 Å². The van der Waals surface area contributed by atoms with E-state index in [1.807, 2.05) is 38.1 Å². The zero-order valence-electron chi connectivity index (χ0n) is 17.8. The third kappa shape index (κ3) is 6.22. The van der Waals surface area contributed by atoms with Crippen LogP contribution < -0.4 is 5.32 Å². The molecule has 1 aliphatic rings. The normalized spacial score (nSPS) is 18.5. The molecular weight excluding hydrogens is 455 g/mol. The van der Waals surface area contributed by atoms with Crippen molar-refractivity contribution in [2.24, 2.45) is 5.92 Å². The van der Waals surface area contributed by atoms with Gasteiger partial charge in [-0.2, -0.15) is 0 Å². The average Bonchev–Trinajstić information content (AvgIpc) is 2.74. The highest BCUT2D eigenvalue weighted by atomic mass is 35.5. The molecule has 0 bridgehead atoms. The number of hydrogen-bond donors (Lipinski definition) is 1. The maximum absolute atomic E-state index is 13.0. The van der Waals surface area contributed by atoms with E-state index in [-0.39, 0.29) is 30.2 Å². The third-order valence-corrected chi connectivity index (χ3v) is 8.09. The van der Waals surface area contributed by atoms with E-state index in [1.54, 1.807) is 12.1 Å². The second-order valence-corrected chi connectivity index (χ2v) is 10.9. The van der Waals surface area contributed by atoms with Gasteiger partial charge in [-0.3, -0.25) is 4.79 Å². The summed E-state index contributed by atoms with van der Waals surface area (Å²) in [6.45, 7) is 4.64. The monoisotopic (exact) mass is 482 g/mol. The maximum atomic E-state index is 13.0. The molecule has 1 saturated heterocycles. The number of sulfonamides is 1. The van der Waals surface area contributed by atoms with E-state index < -0.39 is 10.0 Å². The van der Waals surface area contributed by atoms with Crippen LogP contribution in [-0.2, 0) is 20.6 Å². The van der Waals surface area contributed by atoms with Crippen LogP contribution in [0.3, 0.4) is 0 Å². The number of amides is 1. The Morgan fingerprint density at radius 1 is 1.19 bits per heavy atom. The van der Waals surface area contributed by atoms with Gasteiger partial charge in [0.05, 0.1) is 17.7 Å². The minimum atomic E-state index is -3.60. The Labute approximate surface area is 194 Å². The summed E-state index contributed by atoms with van der Waals surface area (Å²) in [4.78, 5) is 13.0. The first-order valence-corrected chi connectivity index (χ1v) is 12.8. The summed E-state index contributed by atoms with van der Waals surface area (Å²) in [5.74, 6) is -0.682. The van der Waals surface area contributed by atoms with Crippen molar-refractivity contribution in [3.05, 3.63) is 69.2 Å². The highest BCUT2D eigenvalue weighted by Gasteiger charge is 2.33. The van der Waals surface area contributed by atoms with E-state index in [0.29, 0.717) is 35.0 Å². The van der Waals surface area contributed by atoms with Crippen LogP contribution in [0.2, 0.25) is 10.0 Å². The van der Waals surface area contributed by atoms with Gasteiger partial charge in [-0.25, -0.2) is 12.7 Å². The molecule has 0 saturated carbocycles. The van der Waals surface area contributed by atoms with Crippen LogP contribution >= 0.6 is 23.2 Å². The molecule has 0 unspecified atom stereocenters. The molecule has 1 N–H and O–H groups in total. The lowest BCUT2D eigenvalue weighted by atomic mass is 9.97. The predicted molar refractivity (Wildman–Crippen MR) is 126 cm³/mol.